The molecular weight excluding hydrogens is 485 g/mol. The van der Waals surface area contributed by atoms with E-state index in [2.05, 4.69) is 43.3 Å². The maximum atomic E-state index is 13.5. The fourth-order valence-corrected chi connectivity index (χ4v) is 5.16. The summed E-state index contributed by atoms with van der Waals surface area (Å²) in [4.78, 5) is 21.0. The van der Waals surface area contributed by atoms with E-state index in [1.54, 1.807) is 23.1 Å². The van der Waals surface area contributed by atoms with Crippen LogP contribution in [0.5, 0.6) is 0 Å². The number of hydrogen-bond donors (Lipinski definition) is 1. The van der Waals surface area contributed by atoms with E-state index in [1.165, 1.54) is 17.7 Å². The lowest BCUT2D eigenvalue weighted by Gasteiger charge is -2.39. The Bertz CT molecular complexity index is 1590. The number of tetrazole rings is 1. The second kappa shape index (κ2) is 10.2. The predicted molar refractivity (Wildman–Crippen MR) is 142 cm³/mol. The smallest absolute Gasteiger partial charge is 0.253 e. The number of halogens is 1. The van der Waals surface area contributed by atoms with E-state index in [9.17, 15) is 9.18 Å². The molecule has 1 unspecified atom stereocenters. The number of anilines is 1. The highest BCUT2D eigenvalue weighted by atomic mass is 19.1. The summed E-state index contributed by atoms with van der Waals surface area (Å²) < 4.78 is 20.7. The van der Waals surface area contributed by atoms with Gasteiger partial charge in [0.2, 0.25) is 0 Å². The van der Waals surface area contributed by atoms with Crippen molar-refractivity contribution in [3.05, 3.63) is 106 Å². The molecule has 3 aromatic heterocycles. The number of piperazine rings is 1. The fourth-order valence-electron chi connectivity index (χ4n) is 5.16. The molecule has 10 heteroatoms. The zero-order valence-corrected chi connectivity index (χ0v) is 21.0. The lowest BCUT2D eigenvalue weighted by atomic mass is 10.0. The van der Waals surface area contributed by atoms with Gasteiger partial charge in [-0.25, -0.2) is 9.07 Å². The molecule has 1 N–H and O–H groups in total. The predicted octanol–water partition coefficient (Wildman–Crippen LogP) is 3.77. The van der Waals surface area contributed by atoms with Gasteiger partial charge in [-0.3, -0.25) is 9.69 Å². The minimum absolute atomic E-state index is 0.166. The zero-order valence-electron chi connectivity index (χ0n) is 21.0. The van der Waals surface area contributed by atoms with E-state index in [0.29, 0.717) is 44.1 Å². The van der Waals surface area contributed by atoms with Crippen LogP contribution in [0.4, 0.5) is 10.1 Å². The van der Waals surface area contributed by atoms with Crippen LogP contribution in [0, 0.1) is 5.82 Å². The van der Waals surface area contributed by atoms with Crippen molar-refractivity contribution in [1.82, 2.24) is 30.1 Å². The number of furan rings is 1. The van der Waals surface area contributed by atoms with Crippen LogP contribution in [0.2, 0.25) is 0 Å². The Hall–Kier alpha value is -4.31. The lowest BCUT2D eigenvalue weighted by molar-refractivity contribution is 0.200. The molecule has 0 bridgehead atoms. The molecule has 0 aliphatic carbocycles. The number of aryl methyl sites for hydroxylation is 1. The van der Waals surface area contributed by atoms with E-state index in [1.807, 2.05) is 30.3 Å². The summed E-state index contributed by atoms with van der Waals surface area (Å²) in [5.41, 5.74) is 3.39. The van der Waals surface area contributed by atoms with Gasteiger partial charge in [0.05, 0.1) is 6.26 Å². The molecule has 2 aromatic carbocycles. The largest absolute Gasteiger partial charge is 0.467 e. The molecule has 0 radical (unpaired) electrons. The Kier molecular flexibility index (Phi) is 6.47. The second-order valence-electron chi connectivity index (χ2n) is 9.51. The van der Waals surface area contributed by atoms with Crippen LogP contribution in [-0.4, -0.2) is 56.3 Å². The average molecular weight is 514 g/mol. The van der Waals surface area contributed by atoms with Gasteiger partial charge in [-0.2, -0.15) is 0 Å². The molecule has 1 atom stereocenters. The number of aromatic amines is 1. The standard InChI is InChI=1S/C28H28FN7O2/c1-2-19-5-10-25-20(16-19)17-24(28(37)30-25)26(27-31-32-33-36(27)18-23-4-3-15-38-23)35-13-11-34(12-14-35)22-8-6-21(29)7-9-22/h3-10,15-17,26H,2,11-14,18H2,1H3,(H,30,37). The summed E-state index contributed by atoms with van der Waals surface area (Å²) in [6, 6.07) is 17.9. The fraction of sp³-hybridized carbons (Fsp3) is 0.286. The van der Waals surface area contributed by atoms with Crippen molar-refractivity contribution < 1.29 is 8.81 Å². The molecule has 6 rings (SSSR count). The van der Waals surface area contributed by atoms with Gasteiger partial charge in [0, 0.05) is 42.9 Å². The molecule has 0 spiro atoms. The normalized spacial score (nSPS) is 15.3. The Labute approximate surface area is 218 Å². The third kappa shape index (κ3) is 4.70. The Balaban J connectivity index is 1.38. The molecule has 1 fully saturated rings. The highest BCUT2D eigenvalue weighted by molar-refractivity contribution is 5.80. The van der Waals surface area contributed by atoms with Crippen LogP contribution in [0.25, 0.3) is 10.9 Å². The summed E-state index contributed by atoms with van der Waals surface area (Å²) in [6.07, 6.45) is 2.52. The molecule has 1 aliphatic heterocycles. The van der Waals surface area contributed by atoms with Crippen molar-refractivity contribution in [2.75, 3.05) is 31.1 Å². The van der Waals surface area contributed by atoms with Crippen molar-refractivity contribution in [2.45, 2.75) is 25.9 Å². The molecule has 0 amide bonds. The maximum Gasteiger partial charge on any atom is 0.253 e. The second-order valence-corrected chi connectivity index (χ2v) is 9.51. The summed E-state index contributed by atoms with van der Waals surface area (Å²) in [5, 5.41) is 13.6. The van der Waals surface area contributed by atoms with Crippen LogP contribution in [-0.2, 0) is 13.0 Å². The maximum absolute atomic E-state index is 13.5. The van der Waals surface area contributed by atoms with Crippen LogP contribution in [0.15, 0.2) is 76.1 Å². The number of rotatable bonds is 7. The Morgan fingerprint density at radius 2 is 1.87 bits per heavy atom. The first-order chi connectivity index (χ1) is 18.6. The first kappa shape index (κ1) is 24.1. The van der Waals surface area contributed by atoms with Crippen molar-refractivity contribution in [2.24, 2.45) is 0 Å². The quantitative estimate of drug-likeness (QED) is 0.354. The summed E-state index contributed by atoms with van der Waals surface area (Å²) in [5.74, 6) is 1.05. The number of hydrogen-bond acceptors (Lipinski definition) is 7. The number of H-pyrrole nitrogens is 1. The minimum Gasteiger partial charge on any atom is -0.467 e. The number of aromatic nitrogens is 5. The highest BCUT2D eigenvalue weighted by Gasteiger charge is 2.33. The van der Waals surface area contributed by atoms with E-state index in [4.69, 9.17) is 4.42 Å². The lowest BCUT2D eigenvalue weighted by Crippen LogP contribution is -2.49. The SMILES string of the molecule is CCc1ccc2[nH]c(=O)c(C(c3nnnn3Cc3ccco3)N3CCN(c4ccc(F)cc4)CC3)cc2c1. The summed E-state index contributed by atoms with van der Waals surface area (Å²) >= 11 is 0. The van der Waals surface area contributed by atoms with Crippen molar-refractivity contribution >= 4 is 16.6 Å². The molecule has 194 valence electrons. The zero-order chi connectivity index (χ0) is 26.1. The van der Waals surface area contributed by atoms with E-state index < -0.39 is 6.04 Å². The number of fused-ring (bicyclic) bond motifs is 1. The van der Waals surface area contributed by atoms with Crippen LogP contribution in [0.3, 0.4) is 0 Å². The van der Waals surface area contributed by atoms with Crippen molar-refractivity contribution in [3.63, 3.8) is 0 Å². The van der Waals surface area contributed by atoms with Gasteiger partial charge in [-0.05, 0) is 82.4 Å². The topological polar surface area (TPSA) is 96.1 Å². The average Bonchev–Trinajstić information content (AvgIpc) is 3.63. The van der Waals surface area contributed by atoms with Gasteiger partial charge in [-0.15, -0.1) is 5.10 Å². The third-order valence-electron chi connectivity index (χ3n) is 7.20. The summed E-state index contributed by atoms with van der Waals surface area (Å²) in [6.45, 7) is 5.23. The number of nitrogens with zero attached hydrogens (tertiary/aromatic N) is 6. The molecule has 1 aliphatic rings. The van der Waals surface area contributed by atoms with Crippen LogP contribution >= 0.6 is 0 Å². The van der Waals surface area contributed by atoms with Gasteiger partial charge in [0.1, 0.15) is 24.2 Å². The minimum atomic E-state index is -0.464. The molecular formula is C28H28FN7O2. The van der Waals surface area contributed by atoms with Crippen LogP contribution < -0.4 is 10.5 Å². The molecule has 5 aromatic rings. The van der Waals surface area contributed by atoms with Gasteiger partial charge >= 0.3 is 0 Å². The molecule has 9 nitrogen and oxygen atoms in total. The van der Waals surface area contributed by atoms with Gasteiger partial charge < -0.3 is 14.3 Å². The van der Waals surface area contributed by atoms with E-state index in [-0.39, 0.29) is 11.4 Å². The first-order valence-electron chi connectivity index (χ1n) is 12.8. The number of nitrogens with one attached hydrogen (secondary N) is 1. The highest BCUT2D eigenvalue weighted by Crippen LogP contribution is 2.29. The van der Waals surface area contributed by atoms with Crippen LogP contribution in [0.1, 0.15) is 35.7 Å². The van der Waals surface area contributed by atoms with Crippen molar-refractivity contribution in [3.8, 4) is 0 Å². The monoisotopic (exact) mass is 513 g/mol. The van der Waals surface area contributed by atoms with Gasteiger partial charge in [-0.1, -0.05) is 13.0 Å². The first-order valence-corrected chi connectivity index (χ1v) is 12.8. The Morgan fingerprint density at radius 3 is 2.61 bits per heavy atom. The number of pyridine rings is 1. The summed E-state index contributed by atoms with van der Waals surface area (Å²) in [7, 11) is 0. The van der Waals surface area contributed by atoms with Gasteiger partial charge in [0.15, 0.2) is 5.82 Å². The molecule has 4 heterocycles. The van der Waals surface area contributed by atoms with E-state index in [0.717, 1.165) is 28.8 Å². The third-order valence-corrected chi connectivity index (χ3v) is 7.20. The molecule has 1 saturated heterocycles. The van der Waals surface area contributed by atoms with E-state index >= 15 is 0 Å². The van der Waals surface area contributed by atoms with Crippen molar-refractivity contribution in [1.29, 1.82) is 0 Å². The Morgan fingerprint density at radius 1 is 1.05 bits per heavy atom. The molecule has 0 saturated carbocycles. The number of benzene rings is 2. The van der Waals surface area contributed by atoms with Gasteiger partial charge in [0.25, 0.3) is 5.56 Å². The molecule has 38 heavy (non-hydrogen) atoms.